The fraction of sp³-hybridized carbons (Fsp3) is 0.700. The number of alkyl halides is 3. The third kappa shape index (κ3) is 6.36. The Hall–Kier alpha value is -2.83. The molecule has 2 amide bonds. The van der Waals surface area contributed by atoms with E-state index in [9.17, 15) is 32.3 Å². The molecule has 0 aliphatic heterocycles. The Morgan fingerprint density at radius 3 is 2.36 bits per heavy atom. The van der Waals surface area contributed by atoms with Crippen molar-refractivity contribution in [3.05, 3.63) is 20.8 Å². The lowest BCUT2D eigenvalue weighted by atomic mass is 9.95. The third-order valence-electron chi connectivity index (χ3n) is 5.44. The molecule has 0 saturated heterocycles. The first kappa shape index (κ1) is 26.4. The van der Waals surface area contributed by atoms with Gasteiger partial charge in [0.15, 0.2) is 5.69 Å². The highest BCUT2D eigenvalue weighted by molar-refractivity contribution is 5.99. The predicted molar refractivity (Wildman–Crippen MR) is 115 cm³/mol. The number of amides is 2. The van der Waals surface area contributed by atoms with E-state index in [2.05, 4.69) is 5.32 Å². The molecule has 0 atom stereocenters. The van der Waals surface area contributed by atoms with E-state index in [0.717, 1.165) is 36.7 Å². The fourth-order valence-corrected chi connectivity index (χ4v) is 3.85. The molecule has 10 nitrogen and oxygen atoms in total. The van der Waals surface area contributed by atoms with E-state index in [1.807, 2.05) is 0 Å². The molecule has 0 unspecified atom stereocenters. The second-order valence-electron chi connectivity index (χ2n) is 7.91. The van der Waals surface area contributed by atoms with E-state index in [0.29, 0.717) is 11.0 Å². The van der Waals surface area contributed by atoms with Crippen molar-refractivity contribution < 1.29 is 27.5 Å². The maximum absolute atomic E-state index is 13.3. The quantitative estimate of drug-likeness (QED) is 0.546. The number of carbonyl (C=O) groups excluding carboxylic acids is 2. The molecule has 0 spiro atoms. The van der Waals surface area contributed by atoms with Crippen molar-refractivity contribution in [3.63, 3.8) is 0 Å². The van der Waals surface area contributed by atoms with Gasteiger partial charge in [-0.2, -0.15) is 13.2 Å². The minimum Gasteiger partial charge on any atom is -0.383 e. The minimum atomic E-state index is -5.30. The van der Waals surface area contributed by atoms with Crippen LogP contribution in [0.1, 0.15) is 45.4 Å². The van der Waals surface area contributed by atoms with Crippen LogP contribution >= 0.6 is 0 Å². The molecule has 1 aliphatic rings. The zero-order valence-corrected chi connectivity index (χ0v) is 18.7. The molecule has 1 aromatic heterocycles. The first-order valence-electron chi connectivity index (χ1n) is 10.8. The number of rotatable bonds is 9. The molecule has 1 aliphatic carbocycles. The molecule has 1 aromatic rings. The monoisotopic (exact) mass is 477 g/mol. The molecule has 0 radical (unpaired) electrons. The van der Waals surface area contributed by atoms with Crippen molar-refractivity contribution in [1.82, 2.24) is 14.5 Å². The number of hydrogen-bond acceptors (Lipinski definition) is 6. The van der Waals surface area contributed by atoms with Gasteiger partial charge < -0.3 is 15.8 Å². The highest BCUT2D eigenvalue weighted by atomic mass is 19.4. The Labute approximate surface area is 188 Å². The molecule has 0 bridgehead atoms. The zero-order valence-electron chi connectivity index (χ0n) is 18.7. The van der Waals surface area contributed by atoms with Gasteiger partial charge in [-0.05, 0) is 19.3 Å². The van der Waals surface area contributed by atoms with Crippen LogP contribution in [0.25, 0.3) is 0 Å². The third-order valence-corrected chi connectivity index (χ3v) is 5.44. The summed E-state index contributed by atoms with van der Waals surface area (Å²) in [7, 11) is 1.21. The van der Waals surface area contributed by atoms with Crippen LogP contribution in [-0.2, 0) is 27.4 Å². The fourth-order valence-electron chi connectivity index (χ4n) is 3.85. The molecule has 1 saturated carbocycles. The summed E-state index contributed by atoms with van der Waals surface area (Å²) in [5.74, 6) is -3.53. The van der Waals surface area contributed by atoms with Crippen LogP contribution in [-0.4, -0.2) is 53.4 Å². The Morgan fingerprint density at radius 2 is 1.82 bits per heavy atom. The van der Waals surface area contributed by atoms with Crippen LogP contribution in [0.15, 0.2) is 9.59 Å². The molecular weight excluding hydrogens is 447 g/mol. The van der Waals surface area contributed by atoms with Gasteiger partial charge in [0.25, 0.3) is 5.56 Å². The Bertz CT molecular complexity index is 967. The van der Waals surface area contributed by atoms with Gasteiger partial charge >= 0.3 is 17.8 Å². The number of nitrogen functional groups attached to an aromatic ring is 1. The van der Waals surface area contributed by atoms with Gasteiger partial charge in [-0.25, -0.2) is 9.36 Å². The lowest BCUT2D eigenvalue weighted by Crippen LogP contribution is -2.51. The van der Waals surface area contributed by atoms with Crippen LogP contribution in [0.2, 0.25) is 0 Å². The Kier molecular flexibility index (Phi) is 9.08. The van der Waals surface area contributed by atoms with E-state index in [1.54, 1.807) is 6.92 Å². The number of hydrogen-bond donors (Lipinski definition) is 2. The summed E-state index contributed by atoms with van der Waals surface area (Å²) in [5, 5.41) is 2.76. The van der Waals surface area contributed by atoms with Crippen LogP contribution < -0.4 is 27.2 Å². The average Bonchev–Trinajstić information content (AvgIpc) is 2.76. The summed E-state index contributed by atoms with van der Waals surface area (Å²) in [4.78, 5) is 50.8. The number of aromatic nitrogens is 2. The predicted octanol–water partition coefficient (Wildman–Crippen LogP) is 0.993. The van der Waals surface area contributed by atoms with Gasteiger partial charge in [0, 0.05) is 26.2 Å². The molecule has 0 aromatic carbocycles. The number of anilines is 2. The summed E-state index contributed by atoms with van der Waals surface area (Å²) in [6.45, 7) is 0.00694. The summed E-state index contributed by atoms with van der Waals surface area (Å²) >= 11 is 0. The van der Waals surface area contributed by atoms with Gasteiger partial charge in [0.2, 0.25) is 5.91 Å². The molecule has 2 rings (SSSR count). The second-order valence-corrected chi connectivity index (χ2v) is 7.91. The molecule has 1 heterocycles. The molecule has 186 valence electrons. The maximum Gasteiger partial charge on any atom is 0.471 e. The average molecular weight is 477 g/mol. The van der Waals surface area contributed by atoms with Crippen molar-refractivity contribution in [2.45, 2.75) is 70.8 Å². The number of nitrogens with one attached hydrogen (secondary N) is 1. The van der Waals surface area contributed by atoms with Gasteiger partial charge in [-0.1, -0.05) is 26.2 Å². The van der Waals surface area contributed by atoms with Crippen LogP contribution in [0.5, 0.6) is 0 Å². The van der Waals surface area contributed by atoms with E-state index in [1.165, 1.54) is 7.11 Å². The van der Waals surface area contributed by atoms with E-state index in [4.69, 9.17) is 10.5 Å². The SMILES string of the molecule is CCCn1c(N)c(N(CCOC)C(=O)C(F)(F)F)c(=O)n(CC(=O)NC2CCCCC2)c1=O. The first-order chi connectivity index (χ1) is 15.5. The molecule has 13 heteroatoms. The number of nitrogens with zero attached hydrogens (tertiary/aromatic N) is 3. The highest BCUT2D eigenvalue weighted by Gasteiger charge is 2.44. The van der Waals surface area contributed by atoms with Crippen molar-refractivity contribution >= 4 is 23.3 Å². The number of ether oxygens (including phenoxy) is 1. The largest absolute Gasteiger partial charge is 0.471 e. The van der Waals surface area contributed by atoms with Crippen LogP contribution in [0, 0.1) is 0 Å². The number of halogens is 3. The first-order valence-corrected chi connectivity index (χ1v) is 10.8. The van der Waals surface area contributed by atoms with Crippen molar-refractivity contribution in [3.8, 4) is 0 Å². The van der Waals surface area contributed by atoms with Crippen molar-refractivity contribution in [2.75, 3.05) is 30.9 Å². The number of carbonyl (C=O) groups is 2. The zero-order chi connectivity index (χ0) is 24.8. The molecule has 33 heavy (non-hydrogen) atoms. The Balaban J connectivity index is 2.56. The van der Waals surface area contributed by atoms with Gasteiger partial charge in [-0.15, -0.1) is 0 Å². The van der Waals surface area contributed by atoms with Gasteiger partial charge in [-0.3, -0.25) is 23.9 Å². The van der Waals surface area contributed by atoms with Gasteiger partial charge in [0.1, 0.15) is 12.4 Å². The summed E-state index contributed by atoms with van der Waals surface area (Å²) < 4.78 is 46.0. The van der Waals surface area contributed by atoms with Crippen molar-refractivity contribution in [2.24, 2.45) is 0 Å². The van der Waals surface area contributed by atoms with Crippen LogP contribution in [0.4, 0.5) is 24.7 Å². The molecular formula is C20H30F3N5O5. The smallest absolute Gasteiger partial charge is 0.383 e. The van der Waals surface area contributed by atoms with Gasteiger partial charge in [0.05, 0.1) is 6.61 Å². The highest BCUT2D eigenvalue weighted by Crippen LogP contribution is 2.25. The van der Waals surface area contributed by atoms with E-state index in [-0.39, 0.29) is 24.1 Å². The van der Waals surface area contributed by atoms with Crippen LogP contribution in [0.3, 0.4) is 0 Å². The summed E-state index contributed by atoms with van der Waals surface area (Å²) in [6, 6.07) is -0.0990. The molecule has 1 fully saturated rings. The Morgan fingerprint density at radius 1 is 1.18 bits per heavy atom. The van der Waals surface area contributed by atoms with E-state index < -0.39 is 53.8 Å². The minimum absolute atomic E-state index is 0.0273. The number of methoxy groups -OCH3 is 1. The van der Waals surface area contributed by atoms with E-state index >= 15 is 0 Å². The van der Waals surface area contributed by atoms with Crippen molar-refractivity contribution in [1.29, 1.82) is 0 Å². The maximum atomic E-state index is 13.3. The topological polar surface area (TPSA) is 129 Å². The summed E-state index contributed by atoms with van der Waals surface area (Å²) in [6.07, 6.45) is -0.484. The molecule has 3 N–H and O–H groups in total. The number of nitrogens with two attached hydrogens (primary N) is 1. The second kappa shape index (κ2) is 11.3. The summed E-state index contributed by atoms with van der Waals surface area (Å²) in [5.41, 5.74) is 2.92. The lowest BCUT2D eigenvalue weighted by molar-refractivity contribution is -0.170. The normalized spacial score (nSPS) is 14.8. The lowest BCUT2D eigenvalue weighted by Gasteiger charge is -2.26. The standard InChI is InChI=1S/C20H30F3N5O5/c1-3-9-27-16(24)15(26(10-11-33-2)18(31)20(21,22)23)17(30)28(19(27)32)12-14(29)25-13-7-5-4-6-8-13/h13H,3-12,24H2,1-2H3,(H,25,29).